The SMILES string of the molecule is CCCn1c(NC(=O)C(CC)Oc2ccc3c(c2)OCO3)nc2ccccc21. The number of amides is 1. The molecule has 1 atom stereocenters. The second-order valence-electron chi connectivity index (χ2n) is 6.59. The third-order valence-electron chi connectivity index (χ3n) is 4.62. The molecule has 0 saturated heterocycles. The fourth-order valence-corrected chi connectivity index (χ4v) is 3.25. The van der Waals surface area contributed by atoms with Crippen LogP contribution in [0, 0.1) is 0 Å². The van der Waals surface area contributed by atoms with Gasteiger partial charge in [0.05, 0.1) is 11.0 Å². The second kappa shape index (κ2) is 7.80. The van der Waals surface area contributed by atoms with Crippen molar-refractivity contribution in [3.05, 3.63) is 42.5 Å². The van der Waals surface area contributed by atoms with E-state index in [9.17, 15) is 4.79 Å². The maximum atomic E-state index is 12.9. The van der Waals surface area contributed by atoms with Gasteiger partial charge in [0, 0.05) is 12.6 Å². The number of anilines is 1. The lowest BCUT2D eigenvalue weighted by molar-refractivity contribution is -0.122. The van der Waals surface area contributed by atoms with Crippen molar-refractivity contribution in [3.63, 3.8) is 0 Å². The minimum Gasteiger partial charge on any atom is -0.480 e. The molecule has 28 heavy (non-hydrogen) atoms. The predicted octanol–water partition coefficient (Wildman–Crippen LogP) is 3.97. The van der Waals surface area contributed by atoms with Gasteiger partial charge >= 0.3 is 0 Å². The second-order valence-corrected chi connectivity index (χ2v) is 6.59. The van der Waals surface area contributed by atoms with E-state index in [1.807, 2.05) is 35.8 Å². The molecule has 1 aromatic heterocycles. The monoisotopic (exact) mass is 381 g/mol. The fourth-order valence-electron chi connectivity index (χ4n) is 3.25. The number of ether oxygens (including phenoxy) is 3. The van der Waals surface area contributed by atoms with Crippen LogP contribution in [0.4, 0.5) is 5.95 Å². The number of para-hydroxylation sites is 2. The molecule has 1 N–H and O–H groups in total. The highest BCUT2D eigenvalue weighted by Crippen LogP contribution is 2.35. The Morgan fingerprint density at radius 1 is 1.21 bits per heavy atom. The molecule has 1 unspecified atom stereocenters. The Hall–Kier alpha value is -3.22. The lowest BCUT2D eigenvalue weighted by Crippen LogP contribution is -2.33. The van der Waals surface area contributed by atoms with Gasteiger partial charge in [-0.1, -0.05) is 26.0 Å². The number of rotatable bonds is 7. The highest BCUT2D eigenvalue weighted by Gasteiger charge is 2.23. The topological polar surface area (TPSA) is 74.6 Å². The van der Waals surface area contributed by atoms with Crippen LogP contribution in [0.15, 0.2) is 42.5 Å². The summed E-state index contributed by atoms with van der Waals surface area (Å²) in [7, 11) is 0. The van der Waals surface area contributed by atoms with Crippen molar-refractivity contribution >= 4 is 22.9 Å². The van der Waals surface area contributed by atoms with E-state index in [0.717, 1.165) is 24.0 Å². The maximum Gasteiger partial charge on any atom is 0.267 e. The van der Waals surface area contributed by atoms with Crippen LogP contribution in [-0.4, -0.2) is 28.4 Å². The largest absolute Gasteiger partial charge is 0.480 e. The Balaban J connectivity index is 1.53. The van der Waals surface area contributed by atoms with Crippen LogP contribution in [0.5, 0.6) is 17.2 Å². The molecule has 0 spiro atoms. The summed E-state index contributed by atoms with van der Waals surface area (Å²) in [4.78, 5) is 17.5. The van der Waals surface area contributed by atoms with Gasteiger partial charge in [0.15, 0.2) is 17.6 Å². The summed E-state index contributed by atoms with van der Waals surface area (Å²) in [5.41, 5.74) is 1.86. The summed E-state index contributed by atoms with van der Waals surface area (Å²) >= 11 is 0. The molecule has 2 heterocycles. The van der Waals surface area contributed by atoms with E-state index >= 15 is 0 Å². The first-order chi connectivity index (χ1) is 13.7. The van der Waals surface area contributed by atoms with Gasteiger partial charge in [0.1, 0.15) is 5.75 Å². The van der Waals surface area contributed by atoms with E-state index in [1.165, 1.54) is 0 Å². The zero-order chi connectivity index (χ0) is 19.5. The van der Waals surface area contributed by atoms with Crippen LogP contribution in [0.1, 0.15) is 26.7 Å². The van der Waals surface area contributed by atoms with Crippen molar-refractivity contribution in [2.75, 3.05) is 12.1 Å². The van der Waals surface area contributed by atoms with Crippen LogP contribution < -0.4 is 19.5 Å². The summed E-state index contributed by atoms with van der Waals surface area (Å²) in [5, 5.41) is 2.94. The number of nitrogens with zero attached hydrogens (tertiary/aromatic N) is 2. The first-order valence-corrected chi connectivity index (χ1v) is 9.52. The van der Waals surface area contributed by atoms with Gasteiger partial charge in [0.2, 0.25) is 12.7 Å². The average Bonchev–Trinajstić information content (AvgIpc) is 3.31. The van der Waals surface area contributed by atoms with Crippen molar-refractivity contribution in [1.29, 1.82) is 0 Å². The van der Waals surface area contributed by atoms with E-state index in [2.05, 4.69) is 17.2 Å². The van der Waals surface area contributed by atoms with Gasteiger partial charge in [-0.25, -0.2) is 4.98 Å². The van der Waals surface area contributed by atoms with Gasteiger partial charge in [-0.3, -0.25) is 10.1 Å². The molecular formula is C21H23N3O4. The van der Waals surface area contributed by atoms with Crippen LogP contribution in [0.2, 0.25) is 0 Å². The number of aromatic nitrogens is 2. The molecule has 4 rings (SSSR count). The van der Waals surface area contributed by atoms with Crippen molar-refractivity contribution in [1.82, 2.24) is 9.55 Å². The van der Waals surface area contributed by atoms with Crippen molar-refractivity contribution < 1.29 is 19.0 Å². The molecule has 0 aliphatic carbocycles. The molecule has 2 aromatic carbocycles. The Morgan fingerprint density at radius 3 is 2.86 bits per heavy atom. The molecule has 0 saturated carbocycles. The maximum absolute atomic E-state index is 12.9. The first kappa shape index (κ1) is 18.2. The number of carbonyl (C=O) groups excluding carboxylic acids is 1. The predicted molar refractivity (Wildman–Crippen MR) is 106 cm³/mol. The highest BCUT2D eigenvalue weighted by molar-refractivity contribution is 5.94. The molecule has 7 nitrogen and oxygen atoms in total. The first-order valence-electron chi connectivity index (χ1n) is 9.52. The Kier molecular flexibility index (Phi) is 5.06. The number of fused-ring (bicyclic) bond motifs is 2. The van der Waals surface area contributed by atoms with Crippen molar-refractivity contribution in [3.8, 4) is 17.2 Å². The third-order valence-corrected chi connectivity index (χ3v) is 4.62. The van der Waals surface area contributed by atoms with Crippen LogP contribution in [0.3, 0.4) is 0 Å². The van der Waals surface area contributed by atoms with Gasteiger partial charge in [-0.05, 0) is 37.1 Å². The number of benzene rings is 2. The quantitative estimate of drug-likeness (QED) is 0.670. The smallest absolute Gasteiger partial charge is 0.267 e. The van der Waals surface area contributed by atoms with Gasteiger partial charge in [-0.15, -0.1) is 0 Å². The van der Waals surface area contributed by atoms with Gasteiger partial charge in [-0.2, -0.15) is 0 Å². The van der Waals surface area contributed by atoms with E-state index in [4.69, 9.17) is 14.2 Å². The highest BCUT2D eigenvalue weighted by atomic mass is 16.7. The summed E-state index contributed by atoms with van der Waals surface area (Å²) in [5.74, 6) is 2.18. The summed E-state index contributed by atoms with van der Waals surface area (Å²) in [6, 6.07) is 13.2. The van der Waals surface area contributed by atoms with E-state index in [0.29, 0.717) is 29.6 Å². The average molecular weight is 381 g/mol. The van der Waals surface area contributed by atoms with Gasteiger partial charge in [0.25, 0.3) is 5.91 Å². The lowest BCUT2D eigenvalue weighted by Gasteiger charge is -2.18. The third kappa shape index (κ3) is 3.47. The molecule has 0 bridgehead atoms. The number of aryl methyl sites for hydroxylation is 1. The number of hydrogen-bond donors (Lipinski definition) is 1. The number of hydrogen-bond acceptors (Lipinski definition) is 5. The Morgan fingerprint density at radius 2 is 2.04 bits per heavy atom. The van der Waals surface area contributed by atoms with Crippen LogP contribution in [0.25, 0.3) is 11.0 Å². The van der Waals surface area contributed by atoms with Crippen molar-refractivity contribution in [2.45, 2.75) is 39.3 Å². The fraction of sp³-hybridized carbons (Fsp3) is 0.333. The summed E-state index contributed by atoms with van der Waals surface area (Å²) < 4.78 is 18.6. The lowest BCUT2D eigenvalue weighted by atomic mass is 10.2. The normalized spacial score (nSPS) is 13.5. The molecule has 7 heteroatoms. The molecule has 3 aromatic rings. The summed E-state index contributed by atoms with van der Waals surface area (Å²) in [6.07, 6.45) is 0.817. The molecule has 1 amide bonds. The number of carbonyl (C=O) groups is 1. The van der Waals surface area contributed by atoms with E-state index < -0.39 is 6.10 Å². The van der Waals surface area contributed by atoms with Gasteiger partial charge < -0.3 is 18.8 Å². The molecular weight excluding hydrogens is 358 g/mol. The molecule has 1 aliphatic rings. The molecule has 146 valence electrons. The minimum absolute atomic E-state index is 0.199. The zero-order valence-corrected chi connectivity index (χ0v) is 16.0. The van der Waals surface area contributed by atoms with Crippen LogP contribution in [-0.2, 0) is 11.3 Å². The van der Waals surface area contributed by atoms with Crippen LogP contribution >= 0.6 is 0 Å². The van der Waals surface area contributed by atoms with E-state index in [-0.39, 0.29) is 12.7 Å². The molecule has 1 aliphatic heterocycles. The Bertz CT molecular complexity index is 998. The summed E-state index contributed by atoms with van der Waals surface area (Å²) in [6.45, 7) is 4.98. The Labute approximate surface area is 163 Å². The van der Waals surface area contributed by atoms with E-state index in [1.54, 1.807) is 18.2 Å². The number of imidazole rings is 1. The zero-order valence-electron chi connectivity index (χ0n) is 16.0. The minimum atomic E-state index is -0.643. The standard InChI is InChI=1S/C21H23N3O4/c1-3-11-24-16-8-6-5-7-15(16)22-21(24)23-20(25)17(4-2)28-14-9-10-18-19(12-14)27-13-26-18/h5-10,12,17H,3-4,11,13H2,1-2H3,(H,22,23,25). The number of nitrogens with one attached hydrogen (secondary N) is 1. The molecule has 0 radical (unpaired) electrons. The van der Waals surface area contributed by atoms with Crippen molar-refractivity contribution in [2.24, 2.45) is 0 Å². The molecule has 0 fully saturated rings.